The number of nitrogens with one attached hydrogen (secondary N) is 2. The van der Waals surface area contributed by atoms with Crippen molar-refractivity contribution in [3.05, 3.63) is 70.2 Å². The second-order valence-corrected chi connectivity index (χ2v) is 5.73. The molecule has 21 heavy (non-hydrogen) atoms. The van der Waals surface area contributed by atoms with Crippen LogP contribution in [0.1, 0.15) is 24.1 Å². The van der Waals surface area contributed by atoms with Gasteiger partial charge in [0.2, 0.25) is 0 Å². The minimum absolute atomic E-state index is 0.00494. The topological polar surface area (TPSA) is 41.1 Å². The van der Waals surface area contributed by atoms with E-state index in [9.17, 15) is 4.79 Å². The molecule has 0 bridgehead atoms. The highest BCUT2D eigenvalue weighted by molar-refractivity contribution is 9.10. The molecule has 2 N–H and O–H groups in total. The molecule has 2 amide bonds. The van der Waals surface area contributed by atoms with Crippen molar-refractivity contribution in [3.8, 4) is 0 Å². The Morgan fingerprint density at radius 2 is 1.76 bits per heavy atom. The summed E-state index contributed by atoms with van der Waals surface area (Å²) in [6, 6.07) is 17.8. The maximum absolute atomic E-state index is 11.9. The minimum atomic E-state index is -0.140. The summed E-state index contributed by atoms with van der Waals surface area (Å²) in [4.78, 5) is 11.9. The lowest BCUT2D eigenvalue weighted by Gasteiger charge is -2.15. The van der Waals surface area contributed by atoms with Crippen molar-refractivity contribution in [1.82, 2.24) is 10.6 Å². The van der Waals surface area contributed by atoms with Gasteiger partial charge in [-0.25, -0.2) is 4.79 Å². The van der Waals surface area contributed by atoms with E-state index in [-0.39, 0.29) is 12.1 Å². The molecule has 1 unspecified atom stereocenters. The predicted molar refractivity (Wildman–Crippen MR) is 89.2 cm³/mol. The summed E-state index contributed by atoms with van der Waals surface area (Å²) in [7, 11) is 0. The second kappa shape index (κ2) is 7.84. The second-order valence-electron chi connectivity index (χ2n) is 4.87. The molecule has 2 aromatic rings. The van der Waals surface area contributed by atoms with Crippen LogP contribution in [0.3, 0.4) is 0 Å². The Kier molecular flexibility index (Phi) is 5.81. The fourth-order valence-corrected chi connectivity index (χ4v) is 2.57. The van der Waals surface area contributed by atoms with E-state index < -0.39 is 0 Å². The summed E-state index contributed by atoms with van der Waals surface area (Å²) >= 11 is 3.51. The van der Waals surface area contributed by atoms with Gasteiger partial charge in [0.25, 0.3) is 0 Å². The summed E-state index contributed by atoms with van der Waals surface area (Å²) in [5.41, 5.74) is 2.28. The SMILES string of the molecule is CC(NC(=O)NCCc1ccccc1Br)c1ccccc1. The molecule has 0 radical (unpaired) electrons. The summed E-state index contributed by atoms with van der Waals surface area (Å²) < 4.78 is 1.07. The largest absolute Gasteiger partial charge is 0.338 e. The lowest BCUT2D eigenvalue weighted by molar-refractivity contribution is 0.238. The number of rotatable bonds is 5. The Hall–Kier alpha value is -1.81. The molecule has 0 fully saturated rings. The van der Waals surface area contributed by atoms with E-state index in [0.29, 0.717) is 6.54 Å². The van der Waals surface area contributed by atoms with E-state index in [1.54, 1.807) is 0 Å². The third-order valence-electron chi connectivity index (χ3n) is 3.28. The molecule has 0 spiro atoms. The normalized spacial score (nSPS) is 11.7. The average Bonchev–Trinajstić information content (AvgIpc) is 2.50. The zero-order valence-corrected chi connectivity index (χ0v) is 13.6. The van der Waals surface area contributed by atoms with Crippen LogP contribution in [0.15, 0.2) is 59.1 Å². The Labute approximate surface area is 133 Å². The van der Waals surface area contributed by atoms with Crippen molar-refractivity contribution >= 4 is 22.0 Å². The van der Waals surface area contributed by atoms with E-state index >= 15 is 0 Å². The number of hydrogen-bond acceptors (Lipinski definition) is 1. The highest BCUT2D eigenvalue weighted by Gasteiger charge is 2.08. The fourth-order valence-electron chi connectivity index (χ4n) is 2.08. The van der Waals surface area contributed by atoms with Gasteiger partial charge in [0.05, 0.1) is 6.04 Å². The van der Waals surface area contributed by atoms with Crippen LogP contribution < -0.4 is 10.6 Å². The van der Waals surface area contributed by atoms with Crippen LogP contribution in [0.4, 0.5) is 4.79 Å². The Morgan fingerprint density at radius 1 is 1.10 bits per heavy atom. The molecule has 0 heterocycles. The molecule has 3 nitrogen and oxygen atoms in total. The zero-order valence-electron chi connectivity index (χ0n) is 12.0. The van der Waals surface area contributed by atoms with Gasteiger partial charge in [-0.05, 0) is 30.5 Å². The number of urea groups is 1. The van der Waals surface area contributed by atoms with Crippen molar-refractivity contribution in [2.75, 3.05) is 6.54 Å². The smallest absolute Gasteiger partial charge is 0.315 e. The summed E-state index contributed by atoms with van der Waals surface area (Å²) in [6.45, 7) is 2.58. The van der Waals surface area contributed by atoms with Crippen LogP contribution in [-0.4, -0.2) is 12.6 Å². The molecule has 0 aromatic heterocycles. The van der Waals surface area contributed by atoms with Crippen molar-refractivity contribution < 1.29 is 4.79 Å². The third-order valence-corrected chi connectivity index (χ3v) is 4.06. The van der Waals surface area contributed by atoms with Crippen LogP contribution in [0.2, 0.25) is 0 Å². The molecule has 0 aliphatic heterocycles. The highest BCUT2D eigenvalue weighted by atomic mass is 79.9. The Bertz CT molecular complexity index is 586. The molecule has 2 rings (SSSR count). The number of carbonyl (C=O) groups is 1. The zero-order chi connectivity index (χ0) is 15.1. The number of amides is 2. The summed E-state index contributed by atoms with van der Waals surface area (Å²) in [5.74, 6) is 0. The lowest BCUT2D eigenvalue weighted by atomic mass is 10.1. The van der Waals surface area contributed by atoms with Crippen molar-refractivity contribution in [3.63, 3.8) is 0 Å². The van der Waals surface area contributed by atoms with Gasteiger partial charge < -0.3 is 10.6 Å². The Balaban J connectivity index is 1.76. The summed E-state index contributed by atoms with van der Waals surface area (Å²) in [6.07, 6.45) is 0.800. The van der Waals surface area contributed by atoms with E-state index in [1.165, 1.54) is 5.56 Å². The lowest BCUT2D eigenvalue weighted by Crippen LogP contribution is -2.38. The molecule has 0 saturated carbocycles. The number of halogens is 1. The first-order chi connectivity index (χ1) is 10.2. The first kappa shape index (κ1) is 15.6. The van der Waals surface area contributed by atoms with E-state index in [4.69, 9.17) is 0 Å². The van der Waals surface area contributed by atoms with Gasteiger partial charge in [0.15, 0.2) is 0 Å². The first-order valence-electron chi connectivity index (χ1n) is 6.99. The van der Waals surface area contributed by atoms with Gasteiger partial charge in [-0.3, -0.25) is 0 Å². The number of carbonyl (C=O) groups excluding carboxylic acids is 1. The van der Waals surface area contributed by atoms with Crippen molar-refractivity contribution in [2.24, 2.45) is 0 Å². The van der Waals surface area contributed by atoms with Gasteiger partial charge in [-0.15, -0.1) is 0 Å². The molecular weight excluding hydrogens is 328 g/mol. The minimum Gasteiger partial charge on any atom is -0.338 e. The maximum Gasteiger partial charge on any atom is 0.315 e. The van der Waals surface area contributed by atoms with Gasteiger partial charge in [-0.2, -0.15) is 0 Å². The standard InChI is InChI=1S/C17H19BrN2O/c1-13(14-7-3-2-4-8-14)20-17(21)19-12-11-15-9-5-6-10-16(15)18/h2-10,13H,11-12H2,1H3,(H2,19,20,21). The third kappa shape index (κ3) is 4.90. The Morgan fingerprint density at radius 3 is 2.48 bits per heavy atom. The molecule has 0 aliphatic carbocycles. The summed E-state index contributed by atoms with van der Waals surface area (Å²) in [5, 5.41) is 5.82. The first-order valence-corrected chi connectivity index (χ1v) is 7.79. The van der Waals surface area contributed by atoms with Gasteiger partial charge in [-0.1, -0.05) is 64.5 Å². The fraction of sp³-hybridized carbons (Fsp3) is 0.235. The number of hydrogen-bond donors (Lipinski definition) is 2. The van der Waals surface area contributed by atoms with Gasteiger partial charge >= 0.3 is 6.03 Å². The average molecular weight is 347 g/mol. The van der Waals surface area contributed by atoms with Crippen LogP contribution in [0.5, 0.6) is 0 Å². The molecule has 0 saturated heterocycles. The van der Waals surface area contributed by atoms with E-state index in [1.807, 2.05) is 55.5 Å². The molecule has 4 heteroatoms. The molecule has 2 aromatic carbocycles. The van der Waals surface area contributed by atoms with E-state index in [2.05, 4.69) is 32.6 Å². The van der Waals surface area contributed by atoms with E-state index in [0.717, 1.165) is 16.5 Å². The monoisotopic (exact) mass is 346 g/mol. The van der Waals surface area contributed by atoms with Crippen LogP contribution in [-0.2, 0) is 6.42 Å². The van der Waals surface area contributed by atoms with Crippen molar-refractivity contribution in [1.29, 1.82) is 0 Å². The van der Waals surface area contributed by atoms with Crippen LogP contribution in [0, 0.1) is 0 Å². The molecule has 110 valence electrons. The molecule has 1 atom stereocenters. The maximum atomic E-state index is 11.9. The van der Waals surface area contributed by atoms with Crippen LogP contribution in [0.25, 0.3) is 0 Å². The highest BCUT2D eigenvalue weighted by Crippen LogP contribution is 2.15. The quantitative estimate of drug-likeness (QED) is 0.842. The number of benzene rings is 2. The van der Waals surface area contributed by atoms with Gasteiger partial charge in [0.1, 0.15) is 0 Å². The van der Waals surface area contributed by atoms with Crippen molar-refractivity contribution in [2.45, 2.75) is 19.4 Å². The van der Waals surface area contributed by atoms with Crippen LogP contribution >= 0.6 is 15.9 Å². The predicted octanol–water partition coefficient (Wildman–Crippen LogP) is 4.05. The molecule has 0 aliphatic rings. The molecular formula is C17H19BrN2O. The van der Waals surface area contributed by atoms with Gasteiger partial charge in [0, 0.05) is 11.0 Å².